The number of hydrogen-bond acceptors (Lipinski definition) is 6. The second-order valence-corrected chi connectivity index (χ2v) is 4.48. The molecule has 0 aliphatic rings. The van der Waals surface area contributed by atoms with Crippen LogP contribution < -0.4 is 5.32 Å². The molecule has 2 aromatic heterocycles. The molecule has 0 radical (unpaired) electrons. The minimum atomic E-state index is 0.366. The minimum Gasteiger partial charge on any atom is -0.339 e. The van der Waals surface area contributed by atoms with Gasteiger partial charge in [0, 0.05) is 18.7 Å². The largest absolute Gasteiger partial charge is 0.339 e. The van der Waals surface area contributed by atoms with Crippen molar-refractivity contribution < 1.29 is 4.52 Å². The zero-order valence-corrected chi connectivity index (χ0v) is 11.6. The maximum absolute atomic E-state index is 5.28. The van der Waals surface area contributed by atoms with Gasteiger partial charge in [0.05, 0.1) is 0 Å². The number of aryl methyl sites for hydroxylation is 1. The van der Waals surface area contributed by atoms with Gasteiger partial charge in [-0.25, -0.2) is 9.97 Å². The summed E-state index contributed by atoms with van der Waals surface area (Å²) in [7, 11) is 1.95. The minimum absolute atomic E-state index is 0.366. The Labute approximate surface area is 112 Å². The van der Waals surface area contributed by atoms with Crippen molar-refractivity contribution in [3.05, 3.63) is 24.0 Å². The normalized spacial score (nSPS) is 12.6. The highest BCUT2D eigenvalue weighted by atomic mass is 16.5. The highest BCUT2D eigenvalue weighted by Crippen LogP contribution is 2.14. The molecular formula is C13H19N5O. The molecule has 1 atom stereocenters. The molecule has 19 heavy (non-hydrogen) atoms. The summed E-state index contributed by atoms with van der Waals surface area (Å²) in [5.41, 5.74) is 0.694. The van der Waals surface area contributed by atoms with Crippen LogP contribution in [-0.4, -0.2) is 33.2 Å². The smallest absolute Gasteiger partial charge is 0.228 e. The third-order valence-electron chi connectivity index (χ3n) is 2.94. The van der Waals surface area contributed by atoms with E-state index in [0.29, 0.717) is 29.3 Å². The predicted octanol–water partition coefficient (Wildman–Crippen LogP) is 1.77. The van der Waals surface area contributed by atoms with Crippen LogP contribution in [0.25, 0.3) is 11.5 Å². The van der Waals surface area contributed by atoms with E-state index in [1.54, 1.807) is 12.3 Å². The predicted molar refractivity (Wildman–Crippen MR) is 71.5 cm³/mol. The lowest BCUT2D eigenvalue weighted by Crippen LogP contribution is -2.27. The van der Waals surface area contributed by atoms with Crippen LogP contribution in [0, 0.1) is 6.92 Å². The summed E-state index contributed by atoms with van der Waals surface area (Å²) < 4.78 is 5.28. The topological polar surface area (TPSA) is 76.7 Å². The Morgan fingerprint density at radius 3 is 2.89 bits per heavy atom. The van der Waals surface area contributed by atoms with Crippen LogP contribution in [0.4, 0.5) is 0 Å². The van der Waals surface area contributed by atoms with E-state index in [1.165, 1.54) is 0 Å². The van der Waals surface area contributed by atoms with Crippen LogP contribution in [0.3, 0.4) is 0 Å². The summed E-state index contributed by atoms with van der Waals surface area (Å²) in [6.45, 7) is 4.00. The first-order valence-corrected chi connectivity index (χ1v) is 6.52. The van der Waals surface area contributed by atoms with Gasteiger partial charge < -0.3 is 9.84 Å². The van der Waals surface area contributed by atoms with E-state index in [2.05, 4.69) is 32.3 Å². The summed E-state index contributed by atoms with van der Waals surface area (Å²) in [5.74, 6) is 1.86. The molecule has 0 aliphatic heterocycles. The van der Waals surface area contributed by atoms with Gasteiger partial charge in [-0.05, 0) is 26.5 Å². The fraction of sp³-hybridized carbons (Fsp3) is 0.538. The summed E-state index contributed by atoms with van der Waals surface area (Å²) in [6.07, 6.45) is 4.64. The van der Waals surface area contributed by atoms with E-state index in [0.717, 1.165) is 19.3 Å². The zero-order chi connectivity index (χ0) is 13.7. The van der Waals surface area contributed by atoms with Gasteiger partial charge in [0.25, 0.3) is 0 Å². The Kier molecular flexibility index (Phi) is 4.57. The number of rotatable bonds is 6. The first-order chi connectivity index (χ1) is 9.22. The van der Waals surface area contributed by atoms with Gasteiger partial charge >= 0.3 is 0 Å². The van der Waals surface area contributed by atoms with E-state index in [9.17, 15) is 0 Å². The molecule has 1 N–H and O–H groups in total. The Morgan fingerprint density at radius 2 is 2.21 bits per heavy atom. The zero-order valence-electron chi connectivity index (χ0n) is 11.6. The third-order valence-corrected chi connectivity index (χ3v) is 2.94. The monoisotopic (exact) mass is 261 g/mol. The molecule has 0 aliphatic carbocycles. The highest BCUT2D eigenvalue weighted by Gasteiger charge is 2.14. The molecule has 6 heteroatoms. The molecule has 0 saturated carbocycles. The fourth-order valence-corrected chi connectivity index (χ4v) is 1.93. The van der Waals surface area contributed by atoms with Crippen LogP contribution >= 0.6 is 0 Å². The third kappa shape index (κ3) is 3.57. The van der Waals surface area contributed by atoms with Crippen molar-refractivity contribution in [3.63, 3.8) is 0 Å². The average Bonchev–Trinajstić information content (AvgIpc) is 2.87. The second kappa shape index (κ2) is 6.38. The lowest BCUT2D eigenvalue weighted by Gasteiger charge is -2.11. The van der Waals surface area contributed by atoms with Crippen molar-refractivity contribution in [2.24, 2.45) is 0 Å². The molecule has 0 spiro atoms. The SMILES string of the molecule is CCCC(Cc1nc(-c2ccnc(C)n2)no1)NC. The first-order valence-electron chi connectivity index (χ1n) is 6.52. The van der Waals surface area contributed by atoms with Gasteiger partial charge in [-0.15, -0.1) is 0 Å². The summed E-state index contributed by atoms with van der Waals surface area (Å²) in [6, 6.07) is 2.15. The molecule has 6 nitrogen and oxygen atoms in total. The maximum Gasteiger partial charge on any atom is 0.228 e. The summed E-state index contributed by atoms with van der Waals surface area (Å²) >= 11 is 0. The Hall–Kier alpha value is -1.82. The van der Waals surface area contributed by atoms with Gasteiger partial charge in [-0.1, -0.05) is 18.5 Å². The first kappa shape index (κ1) is 13.6. The standard InChI is InChI=1S/C13H19N5O/c1-4-5-10(14-3)8-12-17-13(18-19-12)11-6-7-15-9(2)16-11/h6-7,10,14H,4-5,8H2,1-3H3. The number of aromatic nitrogens is 4. The van der Waals surface area contributed by atoms with Crippen LogP contribution in [0.15, 0.2) is 16.8 Å². The van der Waals surface area contributed by atoms with Gasteiger partial charge in [-0.3, -0.25) is 0 Å². The van der Waals surface area contributed by atoms with Crippen molar-refractivity contribution in [3.8, 4) is 11.5 Å². The maximum atomic E-state index is 5.28. The van der Waals surface area contributed by atoms with Gasteiger partial charge in [-0.2, -0.15) is 4.98 Å². The van der Waals surface area contributed by atoms with E-state index >= 15 is 0 Å². The number of nitrogens with one attached hydrogen (secondary N) is 1. The van der Waals surface area contributed by atoms with Crippen molar-refractivity contribution in [1.29, 1.82) is 0 Å². The fourth-order valence-electron chi connectivity index (χ4n) is 1.93. The van der Waals surface area contributed by atoms with Gasteiger partial charge in [0.1, 0.15) is 11.5 Å². The Bertz CT molecular complexity index is 525. The Morgan fingerprint density at radius 1 is 1.37 bits per heavy atom. The van der Waals surface area contributed by atoms with Crippen LogP contribution in [-0.2, 0) is 6.42 Å². The van der Waals surface area contributed by atoms with Crippen molar-refractivity contribution in [2.75, 3.05) is 7.05 Å². The molecule has 0 amide bonds. The van der Waals surface area contributed by atoms with Crippen molar-refractivity contribution in [2.45, 2.75) is 39.2 Å². The van der Waals surface area contributed by atoms with Gasteiger partial charge in [0.2, 0.25) is 11.7 Å². The lowest BCUT2D eigenvalue weighted by atomic mass is 10.1. The quantitative estimate of drug-likeness (QED) is 0.854. The number of hydrogen-bond donors (Lipinski definition) is 1. The molecular weight excluding hydrogens is 242 g/mol. The molecule has 0 bridgehead atoms. The van der Waals surface area contributed by atoms with E-state index in [1.807, 2.05) is 14.0 Å². The molecule has 2 aromatic rings. The van der Waals surface area contributed by atoms with E-state index < -0.39 is 0 Å². The van der Waals surface area contributed by atoms with Crippen LogP contribution in [0.1, 0.15) is 31.5 Å². The summed E-state index contributed by atoms with van der Waals surface area (Å²) in [4.78, 5) is 12.7. The molecule has 0 saturated heterocycles. The average molecular weight is 261 g/mol. The lowest BCUT2D eigenvalue weighted by molar-refractivity contribution is 0.356. The van der Waals surface area contributed by atoms with E-state index in [4.69, 9.17) is 4.52 Å². The highest BCUT2D eigenvalue weighted by molar-refractivity contribution is 5.46. The summed E-state index contributed by atoms with van der Waals surface area (Å²) in [5, 5.41) is 7.23. The second-order valence-electron chi connectivity index (χ2n) is 4.48. The molecule has 2 rings (SSSR count). The molecule has 0 aromatic carbocycles. The number of nitrogens with zero attached hydrogens (tertiary/aromatic N) is 4. The number of likely N-dealkylation sites (N-methyl/N-ethyl adjacent to an activating group) is 1. The molecule has 102 valence electrons. The molecule has 1 unspecified atom stereocenters. The molecule has 2 heterocycles. The molecule has 0 fully saturated rings. The van der Waals surface area contributed by atoms with Crippen molar-refractivity contribution >= 4 is 0 Å². The van der Waals surface area contributed by atoms with Crippen molar-refractivity contribution in [1.82, 2.24) is 25.4 Å². The van der Waals surface area contributed by atoms with E-state index in [-0.39, 0.29) is 0 Å². The van der Waals surface area contributed by atoms with Crippen LogP contribution in [0.2, 0.25) is 0 Å². The van der Waals surface area contributed by atoms with Crippen LogP contribution in [0.5, 0.6) is 0 Å². The Balaban J connectivity index is 2.10. The van der Waals surface area contributed by atoms with Gasteiger partial charge in [0.15, 0.2) is 0 Å².